The second kappa shape index (κ2) is 10.6. The fourth-order valence-electron chi connectivity index (χ4n) is 5.12. The van der Waals surface area contributed by atoms with Gasteiger partial charge in [-0.2, -0.15) is 4.98 Å². The molecule has 2 atom stereocenters. The Morgan fingerprint density at radius 2 is 1.84 bits per heavy atom. The number of piperidine rings is 1. The molecule has 4 heterocycles. The maximum absolute atomic E-state index is 14.3. The maximum atomic E-state index is 14.3. The van der Waals surface area contributed by atoms with E-state index in [0.717, 1.165) is 25.0 Å². The van der Waals surface area contributed by atoms with Gasteiger partial charge in [0.05, 0.1) is 5.56 Å². The highest BCUT2D eigenvalue weighted by molar-refractivity contribution is 5.93. The van der Waals surface area contributed by atoms with E-state index in [1.165, 1.54) is 18.5 Å². The summed E-state index contributed by atoms with van der Waals surface area (Å²) in [6.07, 6.45) is 4.54. The number of halogens is 2. The van der Waals surface area contributed by atoms with Crippen LogP contribution in [0.4, 0.5) is 20.7 Å². The minimum absolute atomic E-state index is 0.0596. The van der Waals surface area contributed by atoms with Crippen molar-refractivity contribution in [2.24, 2.45) is 5.73 Å². The molecular weight excluding hydrogens is 494 g/mol. The van der Waals surface area contributed by atoms with Crippen LogP contribution in [0.25, 0.3) is 0 Å². The van der Waals surface area contributed by atoms with E-state index in [1.54, 1.807) is 11.9 Å². The minimum Gasteiger partial charge on any atom is -0.339 e. The normalized spacial score (nSPS) is 20.4. The molecule has 2 aliphatic rings. The third-order valence-electron chi connectivity index (χ3n) is 7.44. The number of aromatic nitrogens is 4. The van der Waals surface area contributed by atoms with E-state index >= 15 is 0 Å². The molecule has 10 nitrogen and oxygen atoms in total. The highest BCUT2D eigenvalue weighted by Crippen LogP contribution is 2.31. The summed E-state index contributed by atoms with van der Waals surface area (Å²) in [4.78, 5) is 32.0. The maximum Gasteiger partial charge on any atom is 0.324 e. The summed E-state index contributed by atoms with van der Waals surface area (Å²) in [5.74, 6) is -0.261. The molecule has 0 radical (unpaired) electrons. The predicted octanol–water partition coefficient (Wildman–Crippen LogP) is 2.93. The fourth-order valence-corrected chi connectivity index (χ4v) is 5.12. The van der Waals surface area contributed by atoms with E-state index in [9.17, 15) is 13.6 Å². The number of anilines is 2. The molecule has 2 N–H and O–H groups in total. The molecule has 0 saturated carbocycles. The first kappa shape index (κ1) is 26.0. The second-order valence-corrected chi connectivity index (χ2v) is 10.3. The van der Waals surface area contributed by atoms with Crippen LogP contribution < -0.4 is 15.5 Å². The first-order valence-electron chi connectivity index (χ1n) is 12.8. The summed E-state index contributed by atoms with van der Waals surface area (Å²) >= 11 is 0. The topological polar surface area (TPSA) is 118 Å². The molecule has 2 fully saturated rings. The molecular formula is C26H32F2N8O2. The number of carbonyl (C=O) groups is 1. The number of rotatable bonds is 6. The molecule has 0 aliphatic carbocycles. The zero-order valence-corrected chi connectivity index (χ0v) is 21.7. The molecule has 5 rings (SSSR count). The predicted molar refractivity (Wildman–Crippen MR) is 137 cm³/mol. The molecule has 1 aromatic carbocycles. The molecule has 2 aromatic heterocycles. The van der Waals surface area contributed by atoms with Crippen molar-refractivity contribution >= 4 is 17.9 Å². The first-order valence-corrected chi connectivity index (χ1v) is 12.8. The van der Waals surface area contributed by atoms with Gasteiger partial charge in [-0.1, -0.05) is 19.0 Å². The number of amides is 1. The van der Waals surface area contributed by atoms with Gasteiger partial charge in [-0.05, 0) is 36.6 Å². The Hall–Kier alpha value is -3.67. The number of carbonyl (C=O) groups excluding carboxylic acids is 1. The zero-order chi connectivity index (χ0) is 27.0. The zero-order valence-electron chi connectivity index (χ0n) is 21.7. The van der Waals surface area contributed by atoms with Crippen LogP contribution in [0.15, 0.2) is 35.1 Å². The van der Waals surface area contributed by atoms with Crippen LogP contribution >= 0.6 is 0 Å². The second-order valence-electron chi connectivity index (χ2n) is 10.3. The van der Waals surface area contributed by atoms with Crippen molar-refractivity contribution in [2.75, 3.05) is 43.0 Å². The van der Waals surface area contributed by atoms with E-state index in [1.807, 2.05) is 18.7 Å². The first-order chi connectivity index (χ1) is 18.2. The molecule has 202 valence electrons. The summed E-state index contributed by atoms with van der Waals surface area (Å²) in [6.45, 7) is 6.20. The molecule has 2 aliphatic heterocycles. The van der Waals surface area contributed by atoms with Crippen LogP contribution in [-0.2, 0) is 0 Å². The lowest BCUT2D eigenvalue weighted by atomic mass is 9.94. The van der Waals surface area contributed by atoms with Crippen LogP contribution in [0.1, 0.15) is 60.3 Å². The number of nitrogens with zero attached hydrogens (tertiary/aromatic N) is 7. The number of hydrogen-bond donors (Lipinski definition) is 1. The summed E-state index contributed by atoms with van der Waals surface area (Å²) in [5, 5.41) is 4.03. The smallest absolute Gasteiger partial charge is 0.324 e. The van der Waals surface area contributed by atoms with Crippen molar-refractivity contribution < 1.29 is 18.1 Å². The van der Waals surface area contributed by atoms with Gasteiger partial charge < -0.3 is 25.0 Å². The summed E-state index contributed by atoms with van der Waals surface area (Å²) in [7, 11) is 1.79. The van der Waals surface area contributed by atoms with Crippen molar-refractivity contribution in [3.63, 3.8) is 0 Å². The van der Waals surface area contributed by atoms with Gasteiger partial charge >= 0.3 is 6.01 Å². The average molecular weight is 527 g/mol. The van der Waals surface area contributed by atoms with Crippen LogP contribution in [-0.4, -0.2) is 76.2 Å². The van der Waals surface area contributed by atoms with Crippen molar-refractivity contribution in [2.45, 2.75) is 50.6 Å². The molecule has 0 bridgehead atoms. The van der Waals surface area contributed by atoms with Crippen LogP contribution in [0.3, 0.4) is 0 Å². The lowest BCUT2D eigenvalue weighted by Gasteiger charge is -2.35. The highest BCUT2D eigenvalue weighted by atomic mass is 19.1. The van der Waals surface area contributed by atoms with Crippen molar-refractivity contribution in [3.8, 4) is 0 Å². The minimum atomic E-state index is -0.504. The molecule has 2 saturated heterocycles. The van der Waals surface area contributed by atoms with Crippen molar-refractivity contribution in [3.05, 3.63) is 59.2 Å². The van der Waals surface area contributed by atoms with E-state index in [4.69, 9.17) is 10.3 Å². The van der Waals surface area contributed by atoms with E-state index in [-0.39, 0.29) is 23.4 Å². The van der Waals surface area contributed by atoms with Crippen LogP contribution in [0.2, 0.25) is 0 Å². The van der Waals surface area contributed by atoms with Gasteiger partial charge in [0.25, 0.3) is 5.91 Å². The van der Waals surface area contributed by atoms with Gasteiger partial charge in [0.2, 0.25) is 5.95 Å². The monoisotopic (exact) mass is 526 g/mol. The summed E-state index contributed by atoms with van der Waals surface area (Å²) in [6, 6.07) is 3.57. The van der Waals surface area contributed by atoms with Gasteiger partial charge in [0.15, 0.2) is 5.82 Å². The van der Waals surface area contributed by atoms with Gasteiger partial charge in [-0.25, -0.2) is 18.7 Å². The lowest BCUT2D eigenvalue weighted by molar-refractivity contribution is 0.0707. The van der Waals surface area contributed by atoms with Gasteiger partial charge in [0.1, 0.15) is 11.6 Å². The van der Waals surface area contributed by atoms with Crippen molar-refractivity contribution in [1.29, 1.82) is 0 Å². The van der Waals surface area contributed by atoms with E-state index < -0.39 is 23.6 Å². The van der Waals surface area contributed by atoms with E-state index in [0.29, 0.717) is 49.5 Å². The Bertz CT molecular complexity index is 1280. The Kier molecular flexibility index (Phi) is 7.24. The molecule has 38 heavy (non-hydrogen) atoms. The number of benzene rings is 1. The molecule has 0 spiro atoms. The summed E-state index contributed by atoms with van der Waals surface area (Å²) < 4.78 is 33.4. The molecule has 1 unspecified atom stereocenters. The highest BCUT2D eigenvalue weighted by Gasteiger charge is 2.35. The third kappa shape index (κ3) is 5.17. The third-order valence-corrected chi connectivity index (χ3v) is 7.44. The number of hydrogen-bond acceptors (Lipinski definition) is 9. The van der Waals surface area contributed by atoms with Gasteiger partial charge in [0, 0.05) is 69.5 Å². The van der Waals surface area contributed by atoms with E-state index in [2.05, 4.69) is 25.0 Å². The fraction of sp³-hybridized carbons (Fsp3) is 0.500. The Labute approximate surface area is 219 Å². The summed E-state index contributed by atoms with van der Waals surface area (Å²) in [5.41, 5.74) is 6.89. The van der Waals surface area contributed by atoms with Gasteiger partial charge in [-0.3, -0.25) is 4.79 Å². The SMILES string of the molecule is CC(C)c1noc(N2CCC(N(C)C(=O)c3cnc(N4CC(N)[C@@H](c5cc(F)ccc5F)C4)nc3)CC2)n1. The largest absolute Gasteiger partial charge is 0.339 e. The van der Waals surface area contributed by atoms with Crippen LogP contribution in [0, 0.1) is 11.6 Å². The average Bonchev–Trinajstić information content (AvgIpc) is 3.57. The number of nitrogens with two attached hydrogens (primary N) is 1. The molecule has 1 amide bonds. The Balaban J connectivity index is 1.18. The standard InChI is InChI=1S/C26H32F2N8O2/c1-15(2)23-32-26(38-33-23)35-8-6-18(7-9-35)34(3)24(37)16-11-30-25(31-12-16)36-13-20(22(29)14-36)19-10-17(27)4-5-21(19)28/h4-5,10-12,15,18,20,22H,6-9,13-14,29H2,1-3H3/t20-,22?/m1/s1. The Morgan fingerprint density at radius 1 is 1.13 bits per heavy atom. The molecule has 3 aromatic rings. The quantitative estimate of drug-likeness (QED) is 0.517. The van der Waals surface area contributed by atoms with Gasteiger partial charge in [-0.15, -0.1) is 0 Å². The van der Waals surface area contributed by atoms with Crippen molar-refractivity contribution in [1.82, 2.24) is 25.0 Å². The lowest BCUT2D eigenvalue weighted by Crippen LogP contribution is -2.45. The molecule has 12 heteroatoms. The van der Waals surface area contributed by atoms with Crippen LogP contribution in [0.5, 0.6) is 0 Å². The Morgan fingerprint density at radius 3 is 2.50 bits per heavy atom.